The second-order valence-electron chi connectivity index (χ2n) is 7.06. The highest BCUT2D eigenvalue weighted by atomic mass is 35.5. The molecule has 1 N–H and O–H groups in total. The molecule has 0 bridgehead atoms. The summed E-state index contributed by atoms with van der Waals surface area (Å²) in [5.74, 6) is 1.08. The third-order valence-electron chi connectivity index (χ3n) is 4.78. The molecule has 0 aliphatic carbocycles. The van der Waals surface area contributed by atoms with Crippen molar-refractivity contribution in [1.82, 2.24) is 20.2 Å². The smallest absolute Gasteiger partial charge is 0.250 e. The number of halogens is 3. The predicted octanol–water partition coefficient (Wildman–Crippen LogP) is 6.15. The average Bonchev–Trinajstić information content (AvgIpc) is 3.29. The summed E-state index contributed by atoms with van der Waals surface area (Å²) in [5, 5.41) is 14.7. The third kappa shape index (κ3) is 6.15. The van der Waals surface area contributed by atoms with Crippen LogP contribution in [-0.2, 0) is 4.79 Å². The van der Waals surface area contributed by atoms with Crippen molar-refractivity contribution in [3.05, 3.63) is 87.4 Å². The first-order valence-electron chi connectivity index (χ1n) is 10.2. The highest BCUT2D eigenvalue weighted by molar-refractivity contribution is 7.99. The zero-order valence-electron chi connectivity index (χ0n) is 18.3. The van der Waals surface area contributed by atoms with E-state index < -0.39 is 0 Å². The Morgan fingerprint density at radius 3 is 2.37 bits per heavy atom. The second-order valence-corrected chi connectivity index (χ2v) is 9.26. The zero-order chi connectivity index (χ0) is 24.8. The molecule has 1 amide bonds. The number of carbonyl (C=O) groups is 1. The Morgan fingerprint density at radius 1 is 1.03 bits per heavy atom. The fourth-order valence-electron chi connectivity index (χ4n) is 3.08. The molecule has 178 valence electrons. The van der Waals surface area contributed by atoms with Crippen LogP contribution in [-0.4, -0.2) is 39.7 Å². The van der Waals surface area contributed by atoms with Crippen LogP contribution < -0.4 is 10.2 Å². The largest absolute Gasteiger partial charge is 0.497 e. The lowest BCUT2D eigenvalue weighted by molar-refractivity contribution is -0.118. The van der Waals surface area contributed by atoms with Gasteiger partial charge < -0.3 is 4.74 Å². The van der Waals surface area contributed by atoms with E-state index >= 15 is 0 Å². The molecule has 0 atom stereocenters. The number of benzene rings is 3. The number of rotatable bonds is 8. The van der Waals surface area contributed by atoms with Crippen LogP contribution in [0.1, 0.15) is 5.56 Å². The van der Waals surface area contributed by atoms with Crippen LogP contribution in [0.5, 0.6) is 5.75 Å². The minimum absolute atomic E-state index is 0.0575. The molecule has 1 aromatic heterocycles. The number of nitrogens with one attached hydrogen (secondary N) is 1. The average molecular weight is 547 g/mol. The number of ether oxygens (including phenoxy) is 1. The van der Waals surface area contributed by atoms with Crippen LogP contribution in [0, 0.1) is 0 Å². The maximum absolute atomic E-state index is 12.4. The summed E-state index contributed by atoms with van der Waals surface area (Å²) in [5.41, 5.74) is 4.64. The molecule has 0 aliphatic rings. The maximum Gasteiger partial charge on any atom is 0.250 e. The summed E-state index contributed by atoms with van der Waals surface area (Å²) >= 11 is 19.5. The highest BCUT2D eigenvalue weighted by Gasteiger charge is 2.17. The number of thioether (sulfide) groups is 1. The van der Waals surface area contributed by atoms with Gasteiger partial charge in [-0.1, -0.05) is 52.6 Å². The van der Waals surface area contributed by atoms with Crippen molar-refractivity contribution in [1.29, 1.82) is 0 Å². The monoisotopic (exact) mass is 545 g/mol. The van der Waals surface area contributed by atoms with E-state index in [0.717, 1.165) is 17.0 Å². The van der Waals surface area contributed by atoms with Crippen molar-refractivity contribution in [2.24, 2.45) is 5.10 Å². The first-order chi connectivity index (χ1) is 17.0. The Kier molecular flexibility index (Phi) is 8.30. The number of amides is 1. The molecular formula is C24H18Cl3N5O2S. The van der Waals surface area contributed by atoms with Crippen LogP contribution >= 0.6 is 46.6 Å². The van der Waals surface area contributed by atoms with Crippen LogP contribution in [0.15, 0.2) is 77.0 Å². The van der Waals surface area contributed by atoms with Crippen molar-refractivity contribution in [2.75, 3.05) is 12.9 Å². The fraction of sp³-hybridized carbons (Fsp3) is 0.0833. The molecule has 4 rings (SSSR count). The molecule has 4 aromatic rings. The number of hydrazone groups is 1. The Labute approximate surface area is 221 Å². The molecule has 0 fully saturated rings. The van der Waals surface area contributed by atoms with E-state index in [1.807, 2.05) is 41.0 Å². The fourth-order valence-corrected chi connectivity index (χ4v) is 4.44. The lowest BCUT2D eigenvalue weighted by Gasteiger charge is -2.11. The number of aromatic nitrogens is 3. The van der Waals surface area contributed by atoms with Gasteiger partial charge in [-0.2, -0.15) is 5.10 Å². The molecule has 0 radical (unpaired) electrons. The van der Waals surface area contributed by atoms with Gasteiger partial charge in [-0.15, -0.1) is 10.2 Å². The van der Waals surface area contributed by atoms with Gasteiger partial charge >= 0.3 is 0 Å². The van der Waals surface area contributed by atoms with Gasteiger partial charge in [0.15, 0.2) is 11.0 Å². The summed E-state index contributed by atoms with van der Waals surface area (Å²) in [4.78, 5) is 12.4. The van der Waals surface area contributed by atoms with Gasteiger partial charge in [0, 0.05) is 21.8 Å². The van der Waals surface area contributed by atoms with Gasteiger partial charge in [0.2, 0.25) is 0 Å². The van der Waals surface area contributed by atoms with Crippen molar-refractivity contribution >= 4 is 58.7 Å². The van der Waals surface area contributed by atoms with Gasteiger partial charge in [-0.05, 0) is 60.7 Å². The van der Waals surface area contributed by atoms with Crippen molar-refractivity contribution < 1.29 is 9.53 Å². The normalized spacial score (nSPS) is 11.1. The quantitative estimate of drug-likeness (QED) is 0.163. The molecule has 0 saturated heterocycles. The number of carbonyl (C=O) groups excluding carboxylic acids is 1. The molecule has 0 aliphatic heterocycles. The Hall–Kier alpha value is -3.04. The van der Waals surface area contributed by atoms with E-state index in [2.05, 4.69) is 20.7 Å². The van der Waals surface area contributed by atoms with Gasteiger partial charge in [0.25, 0.3) is 5.91 Å². The Balaban J connectivity index is 1.53. The van der Waals surface area contributed by atoms with E-state index in [0.29, 0.717) is 31.6 Å². The molecular weight excluding hydrogens is 529 g/mol. The second kappa shape index (κ2) is 11.6. The lowest BCUT2D eigenvalue weighted by atomic mass is 10.2. The van der Waals surface area contributed by atoms with E-state index in [1.165, 1.54) is 18.0 Å². The van der Waals surface area contributed by atoms with Crippen LogP contribution in [0.4, 0.5) is 0 Å². The molecule has 35 heavy (non-hydrogen) atoms. The van der Waals surface area contributed by atoms with E-state index in [9.17, 15) is 4.79 Å². The molecule has 0 unspecified atom stereocenters. The highest BCUT2D eigenvalue weighted by Crippen LogP contribution is 2.29. The maximum atomic E-state index is 12.4. The van der Waals surface area contributed by atoms with Gasteiger partial charge in [-0.3, -0.25) is 9.36 Å². The SMILES string of the molecule is COc1ccc(-c2nnc(SCC(=O)N/N=C/c3c(Cl)cccc3Cl)n2-c2ccc(Cl)cc2)cc1. The van der Waals surface area contributed by atoms with E-state index in [4.69, 9.17) is 39.5 Å². The van der Waals surface area contributed by atoms with Crippen LogP contribution in [0.2, 0.25) is 15.1 Å². The minimum Gasteiger partial charge on any atom is -0.497 e. The lowest BCUT2D eigenvalue weighted by Crippen LogP contribution is -2.20. The molecule has 0 saturated carbocycles. The summed E-state index contributed by atoms with van der Waals surface area (Å²) in [6.07, 6.45) is 1.41. The molecule has 3 aromatic carbocycles. The summed E-state index contributed by atoms with van der Waals surface area (Å²) in [7, 11) is 1.61. The summed E-state index contributed by atoms with van der Waals surface area (Å²) < 4.78 is 7.11. The van der Waals surface area contributed by atoms with Gasteiger partial charge in [0.1, 0.15) is 5.75 Å². The van der Waals surface area contributed by atoms with Gasteiger partial charge in [-0.25, -0.2) is 5.43 Å². The number of nitrogens with zero attached hydrogens (tertiary/aromatic N) is 4. The van der Waals surface area contributed by atoms with Crippen LogP contribution in [0.25, 0.3) is 17.1 Å². The topological polar surface area (TPSA) is 81.4 Å². The standard InChI is InChI=1S/C24H18Cl3N5O2S/c1-34-18-11-5-15(6-12-18)23-30-31-24(32(23)17-9-7-16(25)8-10-17)35-14-22(33)29-28-13-19-20(26)3-2-4-21(19)27/h2-13H,14H2,1H3,(H,29,33)/b28-13+. The van der Waals surface area contributed by atoms with Crippen LogP contribution in [0.3, 0.4) is 0 Å². The molecule has 1 heterocycles. The van der Waals surface area contributed by atoms with Gasteiger partial charge in [0.05, 0.1) is 29.1 Å². The number of methoxy groups -OCH3 is 1. The first kappa shape index (κ1) is 25.1. The molecule has 7 nitrogen and oxygen atoms in total. The van der Waals surface area contributed by atoms with Crippen molar-refractivity contribution in [2.45, 2.75) is 5.16 Å². The summed E-state index contributed by atoms with van der Waals surface area (Å²) in [6, 6.07) is 19.9. The Bertz CT molecular complexity index is 1340. The zero-order valence-corrected chi connectivity index (χ0v) is 21.4. The van der Waals surface area contributed by atoms with E-state index in [-0.39, 0.29) is 11.7 Å². The number of hydrogen-bond acceptors (Lipinski definition) is 6. The minimum atomic E-state index is -0.328. The summed E-state index contributed by atoms with van der Waals surface area (Å²) in [6.45, 7) is 0. The van der Waals surface area contributed by atoms with Crippen molar-refractivity contribution in [3.8, 4) is 22.8 Å². The Morgan fingerprint density at radius 2 is 1.71 bits per heavy atom. The van der Waals surface area contributed by atoms with Crippen molar-refractivity contribution in [3.63, 3.8) is 0 Å². The third-order valence-corrected chi connectivity index (χ3v) is 6.62. The predicted molar refractivity (Wildman–Crippen MR) is 141 cm³/mol. The number of hydrogen-bond donors (Lipinski definition) is 1. The first-order valence-corrected chi connectivity index (χ1v) is 12.3. The van der Waals surface area contributed by atoms with E-state index in [1.54, 1.807) is 37.4 Å². The molecule has 0 spiro atoms. The molecule has 11 heteroatoms.